The molecule has 1 rings (SSSR count). The van der Waals surface area contributed by atoms with Crippen molar-refractivity contribution in [1.82, 2.24) is 5.32 Å². The molecule has 0 aromatic carbocycles. The van der Waals surface area contributed by atoms with Crippen molar-refractivity contribution in [3.05, 3.63) is 34.5 Å². The Balaban J connectivity index is 2.91. The maximum absolute atomic E-state index is 3.74. The van der Waals surface area contributed by atoms with Crippen LogP contribution in [0.2, 0.25) is 0 Å². The molecule has 1 heterocycles. The third-order valence-electron chi connectivity index (χ3n) is 1.76. The zero-order valence-corrected chi connectivity index (χ0v) is 8.24. The molecule has 11 heavy (non-hydrogen) atoms. The molecule has 2 heteroatoms. The molecule has 0 unspecified atom stereocenters. The summed E-state index contributed by atoms with van der Waals surface area (Å²) in [5.41, 5.74) is 2.50. The molecule has 0 spiro atoms. The van der Waals surface area contributed by atoms with Gasteiger partial charge in [0, 0.05) is 16.7 Å². The minimum Gasteiger partial charge on any atom is -0.384 e. The van der Waals surface area contributed by atoms with Gasteiger partial charge in [0.25, 0.3) is 0 Å². The van der Waals surface area contributed by atoms with Crippen molar-refractivity contribution in [2.24, 2.45) is 0 Å². The summed E-state index contributed by atoms with van der Waals surface area (Å²) in [6.07, 6.45) is 5.02. The summed E-state index contributed by atoms with van der Waals surface area (Å²) in [6, 6.07) is 0. The maximum atomic E-state index is 3.74. The summed E-state index contributed by atoms with van der Waals surface area (Å²) in [5, 5.41) is 3.26. The van der Waals surface area contributed by atoms with Crippen LogP contribution in [0.3, 0.4) is 0 Å². The first kappa shape index (κ1) is 8.60. The first-order valence-electron chi connectivity index (χ1n) is 3.71. The highest BCUT2D eigenvalue weighted by Gasteiger charge is 2.12. The molecule has 0 atom stereocenters. The van der Waals surface area contributed by atoms with Crippen molar-refractivity contribution in [3.63, 3.8) is 0 Å². The fraction of sp³-hybridized carbons (Fsp3) is 0.333. The number of rotatable bonds is 2. The minimum absolute atomic E-state index is 1.03. The van der Waals surface area contributed by atoms with Crippen molar-refractivity contribution in [2.75, 3.05) is 6.54 Å². The summed E-state index contributed by atoms with van der Waals surface area (Å²) in [5.74, 6) is 0. The van der Waals surface area contributed by atoms with E-state index in [1.54, 1.807) is 0 Å². The van der Waals surface area contributed by atoms with Crippen LogP contribution in [0.5, 0.6) is 0 Å². The van der Waals surface area contributed by atoms with Gasteiger partial charge in [-0.25, -0.2) is 0 Å². The molecule has 60 valence electrons. The van der Waals surface area contributed by atoms with Crippen LogP contribution in [0.25, 0.3) is 0 Å². The molecule has 1 aliphatic rings. The highest BCUT2D eigenvalue weighted by molar-refractivity contribution is 9.12. The van der Waals surface area contributed by atoms with E-state index in [1.165, 1.54) is 10.1 Å². The number of nitrogens with one attached hydrogen (secondary N) is 1. The van der Waals surface area contributed by atoms with Crippen LogP contribution >= 0.6 is 15.9 Å². The summed E-state index contributed by atoms with van der Waals surface area (Å²) >= 11 is 3.50. The first-order chi connectivity index (χ1) is 5.29. The van der Waals surface area contributed by atoms with Gasteiger partial charge in [0.15, 0.2) is 0 Å². The fourth-order valence-electron chi connectivity index (χ4n) is 1.18. The Morgan fingerprint density at radius 2 is 2.45 bits per heavy atom. The Labute approximate surface area is 76.0 Å². The predicted octanol–water partition coefficient (Wildman–Crippen LogP) is 2.72. The van der Waals surface area contributed by atoms with E-state index < -0.39 is 0 Å². The Hall–Kier alpha value is -0.500. The van der Waals surface area contributed by atoms with E-state index in [2.05, 4.69) is 33.9 Å². The van der Waals surface area contributed by atoms with Gasteiger partial charge in [0.2, 0.25) is 0 Å². The summed E-state index contributed by atoms with van der Waals surface area (Å²) in [7, 11) is 0. The normalized spacial score (nSPS) is 18.5. The largest absolute Gasteiger partial charge is 0.384 e. The lowest BCUT2D eigenvalue weighted by atomic mass is 10.2. The molecule has 0 aromatic heterocycles. The molecule has 0 aliphatic carbocycles. The molecule has 1 aliphatic heterocycles. The molecular weight excluding hydrogens is 202 g/mol. The Morgan fingerprint density at radius 1 is 1.73 bits per heavy atom. The highest BCUT2D eigenvalue weighted by Crippen LogP contribution is 2.26. The second kappa shape index (κ2) is 3.77. The summed E-state index contributed by atoms with van der Waals surface area (Å²) in [4.78, 5) is 0. The molecule has 0 saturated heterocycles. The van der Waals surface area contributed by atoms with Crippen LogP contribution in [0.4, 0.5) is 0 Å². The monoisotopic (exact) mass is 213 g/mol. The topological polar surface area (TPSA) is 12.0 Å². The predicted molar refractivity (Wildman–Crippen MR) is 52.5 cm³/mol. The first-order valence-corrected chi connectivity index (χ1v) is 4.50. The van der Waals surface area contributed by atoms with Crippen molar-refractivity contribution in [3.8, 4) is 0 Å². The van der Waals surface area contributed by atoms with E-state index in [1.807, 2.05) is 13.0 Å². The lowest BCUT2D eigenvalue weighted by Crippen LogP contribution is -2.04. The number of hydrogen-bond acceptors (Lipinski definition) is 1. The van der Waals surface area contributed by atoms with Gasteiger partial charge in [-0.05, 0) is 25.0 Å². The van der Waals surface area contributed by atoms with Gasteiger partial charge >= 0.3 is 0 Å². The van der Waals surface area contributed by atoms with Gasteiger partial charge in [-0.15, -0.1) is 0 Å². The lowest BCUT2D eigenvalue weighted by molar-refractivity contribution is 0.889. The van der Waals surface area contributed by atoms with Gasteiger partial charge < -0.3 is 5.32 Å². The molecule has 1 N–H and O–H groups in total. The zero-order chi connectivity index (χ0) is 8.27. The van der Waals surface area contributed by atoms with Gasteiger partial charge in [-0.2, -0.15) is 0 Å². The van der Waals surface area contributed by atoms with E-state index in [4.69, 9.17) is 0 Å². The van der Waals surface area contributed by atoms with E-state index in [0.717, 1.165) is 18.7 Å². The third-order valence-corrected chi connectivity index (χ3v) is 2.70. The van der Waals surface area contributed by atoms with Crippen LogP contribution in [0.1, 0.15) is 13.3 Å². The van der Waals surface area contributed by atoms with Crippen molar-refractivity contribution in [1.29, 1.82) is 0 Å². The molecule has 0 radical (unpaired) electrons. The number of halogens is 1. The minimum atomic E-state index is 1.03. The van der Waals surface area contributed by atoms with Gasteiger partial charge in [-0.3, -0.25) is 0 Å². The smallest absolute Gasteiger partial charge is 0.0378 e. The quantitative estimate of drug-likeness (QED) is 0.745. The van der Waals surface area contributed by atoms with E-state index in [-0.39, 0.29) is 0 Å². The fourth-order valence-corrected chi connectivity index (χ4v) is 1.59. The highest BCUT2D eigenvalue weighted by atomic mass is 79.9. The molecule has 0 aromatic rings. The van der Waals surface area contributed by atoms with E-state index >= 15 is 0 Å². The van der Waals surface area contributed by atoms with Crippen molar-refractivity contribution < 1.29 is 0 Å². The van der Waals surface area contributed by atoms with Gasteiger partial charge in [0.1, 0.15) is 0 Å². The summed E-state index contributed by atoms with van der Waals surface area (Å²) in [6.45, 7) is 6.79. The van der Waals surface area contributed by atoms with Crippen molar-refractivity contribution in [2.45, 2.75) is 13.3 Å². The lowest BCUT2D eigenvalue weighted by Gasteiger charge is -1.99. The van der Waals surface area contributed by atoms with Crippen LogP contribution in [-0.4, -0.2) is 6.54 Å². The average molecular weight is 214 g/mol. The van der Waals surface area contributed by atoms with E-state index in [0.29, 0.717) is 0 Å². The van der Waals surface area contributed by atoms with E-state index in [9.17, 15) is 0 Å². The SMILES string of the molecule is C=CC1=C(/C(Br)=C\C)CCN1. The summed E-state index contributed by atoms with van der Waals surface area (Å²) < 4.78 is 1.18. The number of allylic oxidation sites excluding steroid dienone is 3. The van der Waals surface area contributed by atoms with Crippen LogP contribution in [0.15, 0.2) is 34.5 Å². The molecule has 0 bridgehead atoms. The maximum Gasteiger partial charge on any atom is 0.0378 e. The third kappa shape index (κ3) is 1.74. The zero-order valence-electron chi connectivity index (χ0n) is 6.65. The molecule has 0 amide bonds. The van der Waals surface area contributed by atoms with Crippen LogP contribution < -0.4 is 5.32 Å². The molecular formula is C9H12BrN. The molecule has 0 saturated carbocycles. The number of hydrogen-bond donors (Lipinski definition) is 1. The van der Waals surface area contributed by atoms with Crippen molar-refractivity contribution >= 4 is 15.9 Å². The van der Waals surface area contributed by atoms with Gasteiger partial charge in [-0.1, -0.05) is 28.6 Å². The molecule has 1 nitrogen and oxygen atoms in total. The van der Waals surface area contributed by atoms with Crippen LogP contribution in [-0.2, 0) is 0 Å². The Kier molecular flexibility index (Phi) is 2.94. The Bertz CT molecular complexity index is 226. The van der Waals surface area contributed by atoms with Gasteiger partial charge in [0.05, 0.1) is 0 Å². The molecule has 0 fully saturated rings. The standard InChI is InChI=1S/C9H12BrN/c1-3-8(10)7-5-6-11-9(7)4-2/h3-4,11H,2,5-6H2,1H3/b8-3+. The van der Waals surface area contributed by atoms with Crippen LogP contribution in [0, 0.1) is 0 Å². The second-order valence-corrected chi connectivity index (χ2v) is 3.26. The second-order valence-electron chi connectivity index (χ2n) is 2.41. The Morgan fingerprint density at radius 3 is 3.00 bits per heavy atom. The average Bonchev–Trinajstić information content (AvgIpc) is 2.50.